The van der Waals surface area contributed by atoms with E-state index in [4.69, 9.17) is 9.15 Å². The third-order valence-corrected chi connectivity index (χ3v) is 5.62. The summed E-state index contributed by atoms with van der Waals surface area (Å²) >= 11 is 0.948. The fourth-order valence-corrected chi connectivity index (χ4v) is 3.99. The number of imide groups is 1. The van der Waals surface area contributed by atoms with Crippen LogP contribution < -0.4 is 20.8 Å². The number of benzene rings is 2. The number of thioether (sulfide) groups is 1. The monoisotopic (exact) mass is 440 g/mol. The lowest BCUT2D eigenvalue weighted by Gasteiger charge is -2.09. The van der Waals surface area contributed by atoms with Gasteiger partial charge in [-0.15, -0.1) is 0 Å². The maximum Gasteiger partial charge on any atom is 0.291 e. The summed E-state index contributed by atoms with van der Waals surface area (Å²) in [6, 6.07) is 10.4. The Balaban J connectivity index is 1.51. The number of phenols is 1. The smallest absolute Gasteiger partial charge is 0.291 e. The van der Waals surface area contributed by atoms with Crippen molar-refractivity contribution in [3.05, 3.63) is 64.0 Å². The lowest BCUT2D eigenvalue weighted by atomic mass is 10.1. The van der Waals surface area contributed by atoms with Gasteiger partial charge >= 0.3 is 0 Å². The summed E-state index contributed by atoms with van der Waals surface area (Å²) in [5.41, 5.74) is 0.722. The molecule has 1 aliphatic rings. The van der Waals surface area contributed by atoms with Crippen LogP contribution in [0.2, 0.25) is 0 Å². The van der Waals surface area contributed by atoms with E-state index in [0.29, 0.717) is 12.1 Å². The van der Waals surface area contributed by atoms with Crippen molar-refractivity contribution in [3.63, 3.8) is 0 Å². The molecule has 0 bridgehead atoms. The molecule has 1 saturated heterocycles. The van der Waals surface area contributed by atoms with E-state index < -0.39 is 16.6 Å². The van der Waals surface area contributed by atoms with E-state index >= 15 is 0 Å². The van der Waals surface area contributed by atoms with Gasteiger partial charge in [-0.1, -0.05) is 23.9 Å². The number of rotatable bonds is 5. The number of aromatic hydroxyl groups is 1. The van der Waals surface area contributed by atoms with Gasteiger partial charge in [-0.05, 0) is 24.1 Å². The number of anilines is 1. The summed E-state index contributed by atoms with van der Waals surface area (Å²) in [5.74, 6) is -1.22. The van der Waals surface area contributed by atoms with E-state index in [2.05, 4.69) is 10.6 Å². The highest BCUT2D eigenvalue weighted by molar-refractivity contribution is 8.15. The highest BCUT2D eigenvalue weighted by Crippen LogP contribution is 2.29. The molecule has 158 valence electrons. The molecular formula is C21H16N2O7S. The Labute approximate surface area is 179 Å². The van der Waals surface area contributed by atoms with Crippen molar-refractivity contribution in [1.29, 1.82) is 0 Å². The first-order valence-electron chi connectivity index (χ1n) is 9.10. The zero-order valence-electron chi connectivity index (χ0n) is 16.1. The van der Waals surface area contributed by atoms with E-state index in [9.17, 15) is 24.3 Å². The molecule has 10 heteroatoms. The molecule has 0 saturated carbocycles. The minimum Gasteiger partial charge on any atom is -0.507 e. The van der Waals surface area contributed by atoms with E-state index in [1.54, 1.807) is 24.3 Å². The van der Waals surface area contributed by atoms with Gasteiger partial charge in [-0.2, -0.15) is 0 Å². The van der Waals surface area contributed by atoms with Crippen molar-refractivity contribution >= 4 is 45.5 Å². The molecule has 1 aliphatic heterocycles. The second kappa shape index (κ2) is 8.15. The fraction of sp³-hybridized carbons (Fsp3) is 0.143. The van der Waals surface area contributed by atoms with Gasteiger partial charge in [0.05, 0.1) is 12.4 Å². The first-order valence-corrected chi connectivity index (χ1v) is 9.98. The number of methoxy groups -OCH3 is 1. The molecule has 0 aliphatic carbocycles. The quantitative estimate of drug-likeness (QED) is 0.551. The van der Waals surface area contributed by atoms with Crippen LogP contribution in [-0.4, -0.2) is 34.5 Å². The van der Waals surface area contributed by atoms with Gasteiger partial charge in [0.15, 0.2) is 11.2 Å². The van der Waals surface area contributed by atoms with Crippen LogP contribution in [0.4, 0.5) is 10.5 Å². The topological polar surface area (TPSA) is 135 Å². The van der Waals surface area contributed by atoms with Gasteiger partial charge in [0.25, 0.3) is 11.1 Å². The Hall–Kier alpha value is -3.79. The second-order valence-corrected chi connectivity index (χ2v) is 7.91. The third kappa shape index (κ3) is 4.24. The number of hydrogen-bond donors (Lipinski definition) is 3. The Bertz CT molecular complexity index is 1270. The standard InChI is InChI=1S/C21H16N2O7S/c1-29-12-7-13(24)18-14(25)9-16(30-15(18)8-12)19(26)22-11-4-2-10(3-5-11)6-17-20(27)23-21(28)31-17/h2-5,7-9,17,24H,6H2,1H3,(H,22,26)(H,23,27,28). The minimum absolute atomic E-state index is 0.0201. The molecule has 1 atom stereocenters. The maximum absolute atomic E-state index is 12.6. The summed E-state index contributed by atoms with van der Waals surface area (Å²) in [7, 11) is 1.40. The molecule has 4 rings (SSSR count). The van der Waals surface area contributed by atoms with Gasteiger partial charge in [-0.25, -0.2) is 0 Å². The number of carbonyl (C=O) groups is 3. The highest BCUT2D eigenvalue weighted by Gasteiger charge is 2.31. The third-order valence-electron chi connectivity index (χ3n) is 4.64. The molecule has 9 nitrogen and oxygen atoms in total. The lowest BCUT2D eigenvalue weighted by Crippen LogP contribution is -2.25. The molecule has 2 heterocycles. The molecule has 0 radical (unpaired) electrons. The summed E-state index contributed by atoms with van der Waals surface area (Å²) in [6.07, 6.45) is 0.376. The molecule has 31 heavy (non-hydrogen) atoms. The molecule has 1 unspecified atom stereocenters. The van der Waals surface area contributed by atoms with E-state index in [0.717, 1.165) is 23.4 Å². The van der Waals surface area contributed by atoms with Crippen molar-refractivity contribution in [2.75, 3.05) is 12.4 Å². The molecule has 0 spiro atoms. The highest BCUT2D eigenvalue weighted by atomic mass is 32.2. The second-order valence-electron chi connectivity index (χ2n) is 6.73. The van der Waals surface area contributed by atoms with Gasteiger partial charge in [0.1, 0.15) is 22.5 Å². The van der Waals surface area contributed by atoms with Crippen molar-refractivity contribution in [2.45, 2.75) is 11.7 Å². The maximum atomic E-state index is 12.6. The van der Waals surface area contributed by atoms with Crippen LogP contribution in [0.15, 0.2) is 51.7 Å². The Morgan fingerprint density at radius 2 is 1.94 bits per heavy atom. The number of ether oxygens (including phenoxy) is 1. The van der Waals surface area contributed by atoms with Gasteiger partial charge in [-0.3, -0.25) is 24.5 Å². The predicted molar refractivity (Wildman–Crippen MR) is 114 cm³/mol. The number of nitrogens with one attached hydrogen (secondary N) is 2. The summed E-state index contributed by atoms with van der Waals surface area (Å²) in [6.45, 7) is 0. The predicted octanol–water partition coefficient (Wildman–Crippen LogP) is 2.65. The summed E-state index contributed by atoms with van der Waals surface area (Å²) in [5, 5.41) is 14.0. The molecule has 2 aromatic carbocycles. The van der Waals surface area contributed by atoms with Crippen LogP contribution in [0.3, 0.4) is 0 Å². The molecule has 3 amide bonds. The lowest BCUT2D eigenvalue weighted by molar-refractivity contribution is -0.118. The van der Waals surface area contributed by atoms with Gasteiger partial charge in [0.2, 0.25) is 5.91 Å². The molecule has 3 N–H and O–H groups in total. The van der Waals surface area contributed by atoms with E-state index in [1.165, 1.54) is 19.2 Å². The first-order chi connectivity index (χ1) is 14.8. The van der Waals surface area contributed by atoms with Crippen molar-refractivity contribution in [2.24, 2.45) is 0 Å². The Morgan fingerprint density at radius 1 is 1.19 bits per heavy atom. The Morgan fingerprint density at radius 3 is 2.58 bits per heavy atom. The number of hydrogen-bond acceptors (Lipinski definition) is 8. The van der Waals surface area contributed by atoms with Crippen molar-refractivity contribution < 1.29 is 28.6 Å². The number of amides is 3. The van der Waals surface area contributed by atoms with Crippen LogP contribution in [0.1, 0.15) is 16.1 Å². The fourth-order valence-electron chi connectivity index (χ4n) is 3.13. The first kappa shape index (κ1) is 20.5. The zero-order chi connectivity index (χ0) is 22.1. The number of fused-ring (bicyclic) bond motifs is 1. The van der Waals surface area contributed by atoms with Gasteiger partial charge < -0.3 is 19.6 Å². The van der Waals surface area contributed by atoms with Crippen LogP contribution in [-0.2, 0) is 11.2 Å². The SMILES string of the molecule is COc1cc(O)c2c(=O)cc(C(=O)Nc3ccc(CC4SC(=O)NC4=O)cc3)oc2c1. The van der Waals surface area contributed by atoms with Crippen molar-refractivity contribution in [1.82, 2.24) is 5.32 Å². The van der Waals surface area contributed by atoms with Gasteiger partial charge in [0, 0.05) is 23.9 Å². The average molecular weight is 440 g/mol. The Kier molecular flexibility index (Phi) is 5.38. The van der Waals surface area contributed by atoms with Crippen LogP contribution in [0.5, 0.6) is 11.5 Å². The van der Waals surface area contributed by atoms with Crippen LogP contribution in [0.25, 0.3) is 11.0 Å². The van der Waals surface area contributed by atoms with E-state index in [1.807, 2.05) is 0 Å². The summed E-state index contributed by atoms with van der Waals surface area (Å²) < 4.78 is 10.5. The molecule has 1 fully saturated rings. The number of phenolic OH excluding ortho intramolecular Hbond substituents is 1. The largest absolute Gasteiger partial charge is 0.507 e. The van der Waals surface area contributed by atoms with Crippen LogP contribution >= 0.6 is 11.8 Å². The minimum atomic E-state index is -0.648. The summed E-state index contributed by atoms with van der Waals surface area (Å²) in [4.78, 5) is 47.8. The van der Waals surface area contributed by atoms with Crippen LogP contribution in [0, 0.1) is 0 Å². The number of carbonyl (C=O) groups excluding carboxylic acids is 3. The average Bonchev–Trinajstić information content (AvgIpc) is 3.05. The van der Waals surface area contributed by atoms with Crippen molar-refractivity contribution in [3.8, 4) is 11.5 Å². The van der Waals surface area contributed by atoms with E-state index in [-0.39, 0.29) is 39.4 Å². The normalized spacial score (nSPS) is 15.7. The molecule has 1 aromatic heterocycles. The zero-order valence-corrected chi connectivity index (χ0v) is 16.9. The molecular weight excluding hydrogens is 424 g/mol. The molecule has 3 aromatic rings.